The lowest BCUT2D eigenvalue weighted by molar-refractivity contribution is -0.134. The molecule has 0 bridgehead atoms. The molecule has 1 aliphatic heterocycles. The molecule has 2 aromatic heterocycles. The van der Waals surface area contributed by atoms with Crippen LogP contribution >= 0.6 is 0 Å². The summed E-state index contributed by atoms with van der Waals surface area (Å²) in [4.78, 5) is 31.0. The van der Waals surface area contributed by atoms with Crippen molar-refractivity contribution in [3.8, 4) is 0 Å². The topological polar surface area (TPSA) is 112 Å². The lowest BCUT2D eigenvalue weighted by Gasteiger charge is -2.34. The summed E-state index contributed by atoms with van der Waals surface area (Å²) in [7, 11) is 1.60. The van der Waals surface area contributed by atoms with E-state index in [1.807, 2.05) is 29.2 Å². The van der Waals surface area contributed by atoms with Crippen LogP contribution in [0.2, 0.25) is 0 Å². The minimum Gasteiger partial charge on any atom is -0.378 e. The van der Waals surface area contributed by atoms with Gasteiger partial charge in [-0.3, -0.25) is 24.6 Å². The Morgan fingerprint density at radius 2 is 2.30 bits per heavy atom. The predicted octanol–water partition coefficient (Wildman–Crippen LogP) is -0.0420. The Kier molecular flexibility index (Phi) is 6.50. The van der Waals surface area contributed by atoms with Crippen LogP contribution in [0.25, 0.3) is 0 Å². The number of nitrogens with one attached hydrogen (secondary N) is 3. The molecule has 1 fully saturated rings. The van der Waals surface area contributed by atoms with E-state index in [0.717, 1.165) is 17.1 Å². The summed E-state index contributed by atoms with van der Waals surface area (Å²) in [6.07, 6.45) is 1.82. The number of carbonyl (C=O) groups is 2. The second-order valence-electron chi connectivity index (χ2n) is 6.40. The van der Waals surface area contributed by atoms with Crippen molar-refractivity contribution in [1.82, 2.24) is 30.7 Å². The first-order chi connectivity index (χ1) is 13.2. The number of methoxy groups -OCH3 is 1. The molecule has 144 valence electrons. The normalized spacial score (nSPS) is 17.5. The fourth-order valence-electron chi connectivity index (χ4n) is 3.04. The van der Waals surface area contributed by atoms with Crippen LogP contribution in [0.5, 0.6) is 0 Å². The highest BCUT2D eigenvalue weighted by molar-refractivity contribution is 5.88. The molecule has 0 spiro atoms. The van der Waals surface area contributed by atoms with E-state index in [0.29, 0.717) is 32.8 Å². The van der Waals surface area contributed by atoms with Gasteiger partial charge >= 0.3 is 0 Å². The second kappa shape index (κ2) is 9.24. The first kappa shape index (κ1) is 19.0. The highest BCUT2D eigenvalue weighted by atomic mass is 16.5. The molecule has 3 heterocycles. The number of carbonyl (C=O) groups excluding carboxylic acids is 2. The molecule has 3 rings (SSSR count). The first-order valence-electron chi connectivity index (χ1n) is 8.86. The lowest BCUT2D eigenvalue weighted by Crippen LogP contribution is -2.56. The molecule has 0 aromatic carbocycles. The van der Waals surface area contributed by atoms with E-state index in [-0.39, 0.29) is 18.2 Å². The number of pyridine rings is 1. The average Bonchev–Trinajstić information content (AvgIpc) is 3.12. The number of rotatable bonds is 8. The van der Waals surface area contributed by atoms with Crippen molar-refractivity contribution in [1.29, 1.82) is 0 Å². The van der Waals surface area contributed by atoms with E-state index in [1.165, 1.54) is 0 Å². The largest absolute Gasteiger partial charge is 0.378 e. The number of hydrogen-bond donors (Lipinski definition) is 3. The summed E-state index contributed by atoms with van der Waals surface area (Å²) >= 11 is 0. The van der Waals surface area contributed by atoms with Gasteiger partial charge in [-0.15, -0.1) is 0 Å². The van der Waals surface area contributed by atoms with Crippen LogP contribution in [0.15, 0.2) is 30.5 Å². The first-order valence-corrected chi connectivity index (χ1v) is 8.86. The van der Waals surface area contributed by atoms with Gasteiger partial charge in [-0.1, -0.05) is 6.07 Å². The van der Waals surface area contributed by atoms with Gasteiger partial charge in [0, 0.05) is 32.9 Å². The molecule has 1 saturated heterocycles. The van der Waals surface area contributed by atoms with E-state index < -0.39 is 6.04 Å². The molecule has 9 heteroatoms. The molecule has 0 aliphatic carbocycles. The van der Waals surface area contributed by atoms with Crippen molar-refractivity contribution in [3.63, 3.8) is 0 Å². The quantitative estimate of drug-likeness (QED) is 0.599. The third-order valence-electron chi connectivity index (χ3n) is 4.36. The van der Waals surface area contributed by atoms with E-state index in [4.69, 9.17) is 4.74 Å². The zero-order chi connectivity index (χ0) is 19.1. The van der Waals surface area contributed by atoms with Crippen molar-refractivity contribution < 1.29 is 14.3 Å². The van der Waals surface area contributed by atoms with Crippen LogP contribution in [0.3, 0.4) is 0 Å². The summed E-state index contributed by atoms with van der Waals surface area (Å²) in [5, 5.41) is 12.6. The molecule has 1 unspecified atom stereocenters. The van der Waals surface area contributed by atoms with Crippen molar-refractivity contribution in [3.05, 3.63) is 47.5 Å². The van der Waals surface area contributed by atoms with Crippen LogP contribution in [-0.4, -0.2) is 58.1 Å². The number of aromatic amines is 1. The molecule has 27 heavy (non-hydrogen) atoms. The number of aromatic nitrogens is 3. The third kappa shape index (κ3) is 5.35. The van der Waals surface area contributed by atoms with E-state index in [1.54, 1.807) is 13.3 Å². The van der Waals surface area contributed by atoms with Crippen LogP contribution in [0, 0.1) is 0 Å². The number of hydrogen-bond acceptors (Lipinski definition) is 6. The summed E-state index contributed by atoms with van der Waals surface area (Å²) in [6, 6.07) is 7.01. The Labute approximate surface area is 157 Å². The van der Waals surface area contributed by atoms with Gasteiger partial charge in [0.1, 0.15) is 0 Å². The molecule has 9 nitrogen and oxygen atoms in total. The Morgan fingerprint density at radius 1 is 1.41 bits per heavy atom. The van der Waals surface area contributed by atoms with Crippen LogP contribution in [0.1, 0.15) is 23.5 Å². The summed E-state index contributed by atoms with van der Waals surface area (Å²) in [6.45, 7) is 2.52. The number of amides is 2. The zero-order valence-electron chi connectivity index (χ0n) is 15.3. The highest BCUT2D eigenvalue weighted by Crippen LogP contribution is 2.13. The number of ether oxygens (including phenoxy) is 1. The number of H-pyrrole nitrogens is 1. The monoisotopic (exact) mass is 372 g/mol. The maximum absolute atomic E-state index is 12.4. The Balaban J connectivity index is 1.55. The van der Waals surface area contributed by atoms with Gasteiger partial charge < -0.3 is 15.4 Å². The van der Waals surface area contributed by atoms with Crippen molar-refractivity contribution >= 4 is 11.8 Å². The smallest absolute Gasteiger partial charge is 0.237 e. The predicted molar refractivity (Wildman–Crippen MR) is 97.2 cm³/mol. The van der Waals surface area contributed by atoms with Gasteiger partial charge in [0.2, 0.25) is 11.8 Å². The zero-order valence-corrected chi connectivity index (χ0v) is 15.3. The molecule has 1 atom stereocenters. The van der Waals surface area contributed by atoms with Crippen molar-refractivity contribution in [2.24, 2.45) is 0 Å². The molecule has 1 aliphatic rings. The SMILES string of the molecule is COCc1cc(CNC(=O)CC2C(=O)NCCN2Cc2ccccn2)[nH]n1. The molecular formula is C18H24N6O3. The number of piperazine rings is 1. The van der Waals surface area contributed by atoms with Gasteiger partial charge in [0.25, 0.3) is 0 Å². The van der Waals surface area contributed by atoms with E-state index in [2.05, 4.69) is 25.8 Å². The molecule has 2 amide bonds. The molecule has 2 aromatic rings. The molecule has 0 radical (unpaired) electrons. The fourth-order valence-corrected chi connectivity index (χ4v) is 3.04. The Hall–Kier alpha value is -2.78. The van der Waals surface area contributed by atoms with Gasteiger partial charge in [-0.2, -0.15) is 5.10 Å². The number of nitrogens with zero attached hydrogens (tertiary/aromatic N) is 3. The highest BCUT2D eigenvalue weighted by Gasteiger charge is 2.31. The minimum absolute atomic E-state index is 0.0950. The maximum atomic E-state index is 12.4. The standard InChI is InChI=1S/C18H24N6O3/c1-27-12-15-8-14(22-23-15)10-21-17(25)9-16-18(26)20-6-7-24(16)11-13-4-2-3-5-19-13/h2-5,8,16H,6-7,9-12H2,1H3,(H,20,26)(H,21,25)(H,22,23). The van der Waals surface area contributed by atoms with Crippen molar-refractivity contribution in [2.45, 2.75) is 32.2 Å². The molecular weight excluding hydrogens is 348 g/mol. The summed E-state index contributed by atoms with van der Waals surface area (Å²) in [5.74, 6) is -0.317. The van der Waals surface area contributed by atoms with E-state index in [9.17, 15) is 9.59 Å². The minimum atomic E-state index is -0.508. The van der Waals surface area contributed by atoms with Crippen LogP contribution < -0.4 is 10.6 Å². The fraction of sp³-hybridized carbons (Fsp3) is 0.444. The van der Waals surface area contributed by atoms with Gasteiger partial charge in [0.15, 0.2) is 0 Å². The average molecular weight is 372 g/mol. The van der Waals surface area contributed by atoms with E-state index >= 15 is 0 Å². The van der Waals surface area contributed by atoms with Crippen LogP contribution in [-0.2, 0) is 34.0 Å². The third-order valence-corrected chi connectivity index (χ3v) is 4.36. The van der Waals surface area contributed by atoms with Gasteiger partial charge in [-0.05, 0) is 18.2 Å². The second-order valence-corrected chi connectivity index (χ2v) is 6.40. The maximum Gasteiger partial charge on any atom is 0.237 e. The molecule has 0 saturated carbocycles. The Bertz CT molecular complexity index is 763. The van der Waals surface area contributed by atoms with Gasteiger partial charge in [0.05, 0.1) is 42.7 Å². The lowest BCUT2D eigenvalue weighted by atomic mass is 10.1. The van der Waals surface area contributed by atoms with Crippen molar-refractivity contribution in [2.75, 3.05) is 20.2 Å². The van der Waals surface area contributed by atoms with Gasteiger partial charge in [-0.25, -0.2) is 0 Å². The Morgan fingerprint density at radius 3 is 3.07 bits per heavy atom. The summed E-state index contributed by atoms with van der Waals surface area (Å²) in [5.41, 5.74) is 2.43. The summed E-state index contributed by atoms with van der Waals surface area (Å²) < 4.78 is 5.01. The molecule has 3 N–H and O–H groups in total. The van der Waals surface area contributed by atoms with Crippen LogP contribution in [0.4, 0.5) is 0 Å².